The van der Waals surface area contributed by atoms with Crippen LogP contribution in [0.3, 0.4) is 0 Å². The molecule has 100 valence electrons. The summed E-state index contributed by atoms with van der Waals surface area (Å²) in [4.78, 5) is 22.4. The Kier molecular flexibility index (Phi) is 5.82. The Hall–Kier alpha value is -2.07. The molecule has 0 spiro atoms. The second-order valence-electron chi connectivity index (χ2n) is 3.47. The van der Waals surface area contributed by atoms with Crippen LogP contribution in [-0.2, 0) is 4.79 Å². The molecule has 0 aromatic heterocycles. The molecule has 0 aliphatic rings. The van der Waals surface area contributed by atoms with Gasteiger partial charge in [0, 0.05) is 6.54 Å². The van der Waals surface area contributed by atoms with Crippen molar-refractivity contribution in [2.24, 2.45) is 0 Å². The fourth-order valence-electron chi connectivity index (χ4n) is 1.27. The van der Waals surface area contributed by atoms with Crippen molar-refractivity contribution < 1.29 is 19.4 Å². The van der Waals surface area contributed by atoms with Gasteiger partial charge in [0.2, 0.25) is 0 Å². The van der Waals surface area contributed by atoms with Gasteiger partial charge in [0.1, 0.15) is 11.3 Å². The number of hydrogen-bond donors (Lipinski definition) is 2. The first-order valence-electron chi connectivity index (χ1n) is 5.34. The van der Waals surface area contributed by atoms with Crippen molar-refractivity contribution in [1.29, 1.82) is 5.26 Å². The molecule has 7 heteroatoms. The molecule has 0 radical (unpaired) electrons. The minimum absolute atomic E-state index is 0.0285. The maximum Gasteiger partial charge on any atom is 0.339 e. The van der Waals surface area contributed by atoms with Crippen LogP contribution in [0.25, 0.3) is 0 Å². The van der Waals surface area contributed by atoms with Crippen molar-refractivity contribution in [2.75, 3.05) is 13.2 Å². The molecule has 1 aromatic carbocycles. The molecule has 0 heterocycles. The quantitative estimate of drug-likeness (QED) is 0.773. The average molecular weight is 327 g/mol. The van der Waals surface area contributed by atoms with Gasteiger partial charge in [-0.1, -0.05) is 6.07 Å². The van der Waals surface area contributed by atoms with E-state index in [1.54, 1.807) is 12.1 Å². The summed E-state index contributed by atoms with van der Waals surface area (Å²) in [5.74, 6) is -1.45. The lowest BCUT2D eigenvalue weighted by Crippen LogP contribution is -2.29. The van der Waals surface area contributed by atoms with E-state index in [-0.39, 0.29) is 30.9 Å². The number of ether oxygens (including phenoxy) is 1. The van der Waals surface area contributed by atoms with Crippen LogP contribution in [0.5, 0.6) is 5.75 Å². The molecular weight excluding hydrogens is 316 g/mol. The van der Waals surface area contributed by atoms with Crippen molar-refractivity contribution in [3.8, 4) is 11.8 Å². The molecule has 1 rings (SSSR count). The molecular formula is C12H11BrN2O4. The number of rotatable bonds is 6. The van der Waals surface area contributed by atoms with Crippen LogP contribution in [0.1, 0.15) is 16.8 Å². The maximum atomic E-state index is 11.4. The van der Waals surface area contributed by atoms with Crippen molar-refractivity contribution in [2.45, 2.75) is 6.42 Å². The fraction of sp³-hybridized carbons (Fsp3) is 0.250. The second-order valence-corrected chi connectivity index (χ2v) is 4.32. The lowest BCUT2D eigenvalue weighted by atomic mass is 10.2. The number of carboxylic acid groups (broad SMARTS) is 1. The molecule has 0 saturated heterocycles. The molecule has 0 atom stereocenters. The summed E-state index contributed by atoms with van der Waals surface area (Å²) in [6, 6.07) is 6.46. The van der Waals surface area contributed by atoms with Crippen LogP contribution in [0.4, 0.5) is 0 Å². The predicted molar refractivity (Wildman–Crippen MR) is 69.8 cm³/mol. The first-order valence-corrected chi connectivity index (χ1v) is 6.13. The zero-order valence-corrected chi connectivity index (χ0v) is 11.4. The fourth-order valence-corrected chi connectivity index (χ4v) is 1.75. The Morgan fingerprint density at radius 1 is 1.47 bits per heavy atom. The molecule has 0 aliphatic carbocycles. The Morgan fingerprint density at radius 3 is 2.84 bits per heavy atom. The first kappa shape index (κ1) is 15.0. The van der Waals surface area contributed by atoms with E-state index in [0.717, 1.165) is 0 Å². The molecule has 2 N–H and O–H groups in total. The lowest BCUT2D eigenvalue weighted by molar-refractivity contribution is -0.123. The number of carboxylic acids is 1. The van der Waals surface area contributed by atoms with Crippen molar-refractivity contribution in [3.63, 3.8) is 0 Å². The van der Waals surface area contributed by atoms with Gasteiger partial charge in [-0.05, 0) is 28.1 Å². The summed E-state index contributed by atoms with van der Waals surface area (Å²) in [6.07, 6.45) is 0.209. The van der Waals surface area contributed by atoms with Crippen LogP contribution in [0, 0.1) is 11.3 Å². The molecule has 6 nitrogen and oxygen atoms in total. The number of hydrogen-bond acceptors (Lipinski definition) is 4. The number of aromatic carboxylic acids is 1. The average Bonchev–Trinajstić information content (AvgIpc) is 2.37. The monoisotopic (exact) mass is 326 g/mol. The van der Waals surface area contributed by atoms with E-state index < -0.39 is 11.9 Å². The summed E-state index contributed by atoms with van der Waals surface area (Å²) in [5, 5.41) is 19.8. The lowest BCUT2D eigenvalue weighted by Gasteiger charge is -2.10. The highest BCUT2D eigenvalue weighted by Crippen LogP contribution is 2.28. The number of nitriles is 1. The van der Waals surface area contributed by atoms with E-state index in [1.807, 2.05) is 6.07 Å². The smallest absolute Gasteiger partial charge is 0.339 e. The third kappa shape index (κ3) is 4.60. The molecule has 1 amide bonds. The van der Waals surface area contributed by atoms with Gasteiger partial charge in [-0.3, -0.25) is 4.79 Å². The summed E-state index contributed by atoms with van der Waals surface area (Å²) < 4.78 is 5.65. The molecule has 0 saturated carbocycles. The highest BCUT2D eigenvalue weighted by molar-refractivity contribution is 9.10. The number of para-hydroxylation sites is 1. The van der Waals surface area contributed by atoms with Gasteiger partial charge in [-0.25, -0.2) is 4.79 Å². The number of amides is 1. The zero-order chi connectivity index (χ0) is 14.3. The molecule has 0 unspecified atom stereocenters. The minimum Gasteiger partial charge on any atom is -0.482 e. The van der Waals surface area contributed by atoms with Crippen molar-refractivity contribution in [3.05, 3.63) is 28.2 Å². The highest BCUT2D eigenvalue weighted by Gasteiger charge is 2.15. The van der Waals surface area contributed by atoms with Crippen LogP contribution in [-0.4, -0.2) is 30.1 Å². The Morgan fingerprint density at radius 2 is 2.21 bits per heavy atom. The molecule has 0 aliphatic heterocycles. The van der Waals surface area contributed by atoms with Gasteiger partial charge in [-0.2, -0.15) is 5.26 Å². The largest absolute Gasteiger partial charge is 0.482 e. The topological polar surface area (TPSA) is 99.4 Å². The molecule has 1 aromatic rings. The van der Waals surface area contributed by atoms with Gasteiger partial charge in [0.05, 0.1) is 17.0 Å². The van der Waals surface area contributed by atoms with Crippen LogP contribution >= 0.6 is 15.9 Å². The van der Waals surface area contributed by atoms with Gasteiger partial charge in [-0.15, -0.1) is 0 Å². The number of carbonyl (C=O) groups is 2. The Balaban J connectivity index is 2.65. The highest BCUT2D eigenvalue weighted by atomic mass is 79.9. The zero-order valence-electron chi connectivity index (χ0n) is 9.85. The predicted octanol–water partition coefficient (Wildman–Crippen LogP) is 1.56. The number of carbonyl (C=O) groups excluding carboxylic acids is 1. The number of nitrogens with zero attached hydrogens (tertiary/aromatic N) is 1. The second kappa shape index (κ2) is 7.38. The van der Waals surface area contributed by atoms with Gasteiger partial charge >= 0.3 is 5.97 Å². The summed E-state index contributed by atoms with van der Waals surface area (Å²) in [6.45, 7) is -0.0746. The summed E-state index contributed by atoms with van der Waals surface area (Å²) in [5.41, 5.74) is -0.0285. The van der Waals surface area contributed by atoms with Crippen LogP contribution in [0.2, 0.25) is 0 Å². The Bertz CT molecular complexity index is 525. The van der Waals surface area contributed by atoms with Gasteiger partial charge in [0.15, 0.2) is 6.61 Å². The van der Waals surface area contributed by atoms with E-state index >= 15 is 0 Å². The summed E-state index contributed by atoms with van der Waals surface area (Å²) in [7, 11) is 0. The summed E-state index contributed by atoms with van der Waals surface area (Å²) >= 11 is 3.17. The van der Waals surface area contributed by atoms with E-state index in [9.17, 15) is 9.59 Å². The van der Waals surface area contributed by atoms with Crippen molar-refractivity contribution in [1.82, 2.24) is 5.32 Å². The van der Waals surface area contributed by atoms with E-state index in [4.69, 9.17) is 15.1 Å². The standard InChI is InChI=1S/C12H11BrN2O4/c13-9-4-1-3-8(12(17)18)11(9)19-7-10(16)15-6-2-5-14/h1,3-4H,2,6-7H2,(H,15,16)(H,17,18). The minimum atomic E-state index is -1.14. The third-order valence-electron chi connectivity index (χ3n) is 2.10. The van der Waals surface area contributed by atoms with Gasteiger partial charge in [0.25, 0.3) is 5.91 Å². The Labute approximate surface area is 118 Å². The molecule has 19 heavy (non-hydrogen) atoms. The van der Waals surface area contributed by atoms with Crippen molar-refractivity contribution >= 4 is 27.8 Å². The number of nitrogens with one attached hydrogen (secondary N) is 1. The van der Waals surface area contributed by atoms with Crippen LogP contribution in [0.15, 0.2) is 22.7 Å². The maximum absolute atomic E-state index is 11.4. The molecule has 0 fully saturated rings. The van der Waals surface area contributed by atoms with E-state index in [2.05, 4.69) is 21.2 Å². The third-order valence-corrected chi connectivity index (χ3v) is 2.73. The number of halogens is 1. The SMILES string of the molecule is N#CCCNC(=O)COc1c(Br)cccc1C(=O)O. The first-order chi connectivity index (χ1) is 9.06. The van der Waals surface area contributed by atoms with Gasteiger partial charge < -0.3 is 15.2 Å². The molecule has 0 bridgehead atoms. The van der Waals surface area contributed by atoms with Crippen LogP contribution < -0.4 is 10.1 Å². The van der Waals surface area contributed by atoms with E-state index in [0.29, 0.717) is 4.47 Å². The normalized spacial score (nSPS) is 9.47. The van der Waals surface area contributed by atoms with E-state index in [1.165, 1.54) is 6.07 Å². The number of benzene rings is 1.